The SMILES string of the molecule is CNC(=O)[C@@H](Cc1ccccc1)N(Cc1ccc(C)cc1)C(=O)CN(c1ccc(Cl)cc1Cl)S(=O)(=O)c1ccccc1. The molecule has 4 rings (SSSR count). The van der Waals surface area contributed by atoms with Gasteiger partial charge in [-0.3, -0.25) is 13.9 Å². The van der Waals surface area contributed by atoms with E-state index in [0.29, 0.717) is 5.02 Å². The van der Waals surface area contributed by atoms with Crippen molar-refractivity contribution in [3.8, 4) is 0 Å². The summed E-state index contributed by atoms with van der Waals surface area (Å²) in [4.78, 5) is 29.0. The molecule has 2 amide bonds. The smallest absolute Gasteiger partial charge is 0.264 e. The highest BCUT2D eigenvalue weighted by atomic mass is 35.5. The lowest BCUT2D eigenvalue weighted by molar-refractivity contribution is -0.139. The van der Waals surface area contributed by atoms with Gasteiger partial charge in [0.15, 0.2) is 0 Å². The molecule has 0 aliphatic carbocycles. The van der Waals surface area contributed by atoms with Crippen molar-refractivity contribution in [3.05, 3.63) is 130 Å². The molecule has 0 aliphatic heterocycles. The van der Waals surface area contributed by atoms with E-state index < -0.39 is 28.5 Å². The number of hydrogen-bond donors (Lipinski definition) is 1. The van der Waals surface area contributed by atoms with Crippen molar-refractivity contribution in [3.63, 3.8) is 0 Å². The van der Waals surface area contributed by atoms with E-state index in [2.05, 4.69) is 5.32 Å². The van der Waals surface area contributed by atoms with Gasteiger partial charge in [0, 0.05) is 25.0 Å². The number of nitrogens with zero attached hydrogens (tertiary/aromatic N) is 2. The van der Waals surface area contributed by atoms with Crippen LogP contribution in [0.2, 0.25) is 10.0 Å². The first-order valence-corrected chi connectivity index (χ1v) is 15.4. The number of carbonyl (C=O) groups excluding carboxylic acids is 2. The number of halogens is 2. The van der Waals surface area contributed by atoms with Crippen molar-refractivity contribution in [2.24, 2.45) is 0 Å². The van der Waals surface area contributed by atoms with Crippen LogP contribution < -0.4 is 9.62 Å². The minimum absolute atomic E-state index is 0.0129. The monoisotopic (exact) mass is 623 g/mol. The van der Waals surface area contributed by atoms with Gasteiger partial charge in [0.1, 0.15) is 12.6 Å². The van der Waals surface area contributed by atoms with Gasteiger partial charge in [-0.05, 0) is 48.4 Å². The summed E-state index contributed by atoms with van der Waals surface area (Å²) in [5.74, 6) is -0.952. The van der Waals surface area contributed by atoms with E-state index in [0.717, 1.165) is 21.0 Å². The molecule has 7 nitrogen and oxygen atoms in total. The van der Waals surface area contributed by atoms with Gasteiger partial charge in [-0.25, -0.2) is 8.42 Å². The van der Waals surface area contributed by atoms with E-state index in [-0.39, 0.29) is 34.5 Å². The highest BCUT2D eigenvalue weighted by Crippen LogP contribution is 2.33. The number of carbonyl (C=O) groups is 2. The Kier molecular flexibility index (Phi) is 10.3. The molecule has 0 radical (unpaired) electrons. The first-order chi connectivity index (χ1) is 20.1. The van der Waals surface area contributed by atoms with Gasteiger partial charge in [0.2, 0.25) is 11.8 Å². The van der Waals surface area contributed by atoms with Crippen LogP contribution in [0.1, 0.15) is 16.7 Å². The van der Waals surface area contributed by atoms with E-state index in [1.165, 1.54) is 42.3 Å². The summed E-state index contributed by atoms with van der Waals surface area (Å²) in [6, 6.07) is 28.2. The number of aryl methyl sites for hydroxylation is 1. The van der Waals surface area contributed by atoms with Crippen molar-refractivity contribution < 1.29 is 18.0 Å². The molecule has 4 aromatic carbocycles. The zero-order chi connectivity index (χ0) is 30.3. The fraction of sp³-hybridized carbons (Fsp3) is 0.188. The molecule has 0 aliphatic rings. The molecule has 218 valence electrons. The maximum Gasteiger partial charge on any atom is 0.264 e. The minimum Gasteiger partial charge on any atom is -0.357 e. The number of sulfonamides is 1. The average Bonchev–Trinajstić information content (AvgIpc) is 2.99. The molecular weight excluding hydrogens is 593 g/mol. The molecule has 0 spiro atoms. The zero-order valence-electron chi connectivity index (χ0n) is 23.2. The minimum atomic E-state index is -4.25. The Morgan fingerprint density at radius 3 is 2.05 bits per heavy atom. The number of rotatable bonds is 11. The van der Waals surface area contributed by atoms with Crippen LogP contribution in [0.25, 0.3) is 0 Å². The number of benzene rings is 4. The number of nitrogens with one attached hydrogen (secondary N) is 1. The van der Waals surface area contributed by atoms with Gasteiger partial charge in [-0.15, -0.1) is 0 Å². The second-order valence-electron chi connectivity index (χ2n) is 9.75. The van der Waals surface area contributed by atoms with Crippen molar-refractivity contribution in [1.82, 2.24) is 10.2 Å². The van der Waals surface area contributed by atoms with Gasteiger partial charge in [-0.2, -0.15) is 0 Å². The van der Waals surface area contributed by atoms with Crippen LogP contribution in [-0.4, -0.2) is 44.8 Å². The van der Waals surface area contributed by atoms with Crippen LogP contribution in [0.4, 0.5) is 5.69 Å². The fourth-order valence-electron chi connectivity index (χ4n) is 4.53. The van der Waals surface area contributed by atoms with Crippen molar-refractivity contribution in [2.45, 2.75) is 30.8 Å². The van der Waals surface area contributed by atoms with Gasteiger partial charge >= 0.3 is 0 Å². The van der Waals surface area contributed by atoms with Gasteiger partial charge < -0.3 is 10.2 Å². The molecule has 0 bridgehead atoms. The summed E-state index contributed by atoms with van der Waals surface area (Å²) < 4.78 is 28.9. The molecule has 0 heterocycles. The molecule has 0 saturated heterocycles. The summed E-state index contributed by atoms with van der Waals surface area (Å²) in [5.41, 5.74) is 2.77. The summed E-state index contributed by atoms with van der Waals surface area (Å²) in [5, 5.41) is 3.05. The van der Waals surface area contributed by atoms with E-state index in [4.69, 9.17) is 23.2 Å². The third-order valence-electron chi connectivity index (χ3n) is 6.78. The average molecular weight is 625 g/mol. The van der Waals surface area contributed by atoms with Crippen LogP contribution in [0.15, 0.2) is 108 Å². The second kappa shape index (κ2) is 13.9. The molecule has 10 heteroatoms. The largest absolute Gasteiger partial charge is 0.357 e. The molecule has 1 atom stereocenters. The van der Waals surface area contributed by atoms with Crippen molar-refractivity contribution >= 4 is 50.7 Å². The first kappa shape index (κ1) is 31.1. The molecule has 0 aromatic heterocycles. The predicted molar refractivity (Wildman–Crippen MR) is 167 cm³/mol. The van der Waals surface area contributed by atoms with E-state index in [1.54, 1.807) is 18.2 Å². The Labute approximate surface area is 256 Å². The summed E-state index contributed by atoms with van der Waals surface area (Å²) in [6.45, 7) is 1.43. The number of anilines is 1. The molecule has 0 unspecified atom stereocenters. The number of amides is 2. The molecule has 1 N–H and O–H groups in total. The highest BCUT2D eigenvalue weighted by Gasteiger charge is 2.35. The quantitative estimate of drug-likeness (QED) is 0.226. The lowest BCUT2D eigenvalue weighted by Gasteiger charge is -2.33. The molecule has 42 heavy (non-hydrogen) atoms. The van der Waals surface area contributed by atoms with Crippen molar-refractivity contribution in [2.75, 3.05) is 17.9 Å². The number of likely N-dealkylation sites (N-methyl/N-ethyl adjacent to an activating group) is 1. The van der Waals surface area contributed by atoms with Crippen LogP contribution >= 0.6 is 23.2 Å². The Morgan fingerprint density at radius 2 is 1.45 bits per heavy atom. The Bertz CT molecular complexity index is 1630. The van der Waals surface area contributed by atoms with Gasteiger partial charge in [0.25, 0.3) is 10.0 Å². The first-order valence-electron chi connectivity index (χ1n) is 13.2. The maximum absolute atomic E-state index is 14.3. The third-order valence-corrected chi connectivity index (χ3v) is 9.09. The molecule has 4 aromatic rings. The van der Waals surface area contributed by atoms with Gasteiger partial charge in [0.05, 0.1) is 15.6 Å². The Morgan fingerprint density at radius 1 is 0.833 bits per heavy atom. The number of hydrogen-bond acceptors (Lipinski definition) is 4. The van der Waals surface area contributed by atoms with Crippen molar-refractivity contribution in [1.29, 1.82) is 0 Å². The van der Waals surface area contributed by atoms with E-state index in [1.807, 2.05) is 61.5 Å². The van der Waals surface area contributed by atoms with E-state index >= 15 is 0 Å². The molecule has 0 fully saturated rings. The van der Waals surface area contributed by atoms with Gasteiger partial charge in [-0.1, -0.05) is 102 Å². The standard InChI is InChI=1S/C32H31Cl2N3O4S/c1-23-13-15-25(16-14-23)21-36(30(32(39)35-2)19-24-9-5-3-6-10-24)31(38)22-37(29-18-17-26(33)20-28(29)34)42(40,41)27-11-7-4-8-12-27/h3-18,20,30H,19,21-22H2,1-2H3,(H,35,39)/t30-/m1/s1. The normalized spacial score (nSPS) is 11.9. The zero-order valence-corrected chi connectivity index (χ0v) is 25.5. The van der Waals surface area contributed by atoms with Crippen LogP contribution in [0.5, 0.6) is 0 Å². The molecule has 0 saturated carbocycles. The van der Waals surface area contributed by atoms with Crippen LogP contribution in [-0.2, 0) is 32.6 Å². The Hall–Kier alpha value is -3.85. The lowest BCUT2D eigenvalue weighted by atomic mass is 10.0. The third kappa shape index (κ3) is 7.50. The maximum atomic E-state index is 14.3. The summed E-state index contributed by atoms with van der Waals surface area (Å²) >= 11 is 12.6. The fourth-order valence-corrected chi connectivity index (χ4v) is 6.54. The molecular formula is C32H31Cl2N3O4S. The summed E-state index contributed by atoms with van der Waals surface area (Å²) in [7, 11) is -2.74. The topological polar surface area (TPSA) is 86.8 Å². The Balaban J connectivity index is 1.80. The summed E-state index contributed by atoms with van der Waals surface area (Å²) in [6.07, 6.45) is 0.227. The highest BCUT2D eigenvalue weighted by molar-refractivity contribution is 7.92. The van der Waals surface area contributed by atoms with Crippen LogP contribution in [0, 0.1) is 6.92 Å². The van der Waals surface area contributed by atoms with Crippen LogP contribution in [0.3, 0.4) is 0 Å². The predicted octanol–water partition coefficient (Wildman–Crippen LogP) is 5.88. The lowest BCUT2D eigenvalue weighted by Crippen LogP contribution is -2.53. The second-order valence-corrected chi connectivity index (χ2v) is 12.5. The van der Waals surface area contributed by atoms with E-state index in [9.17, 15) is 18.0 Å².